The molecule has 2 amide bonds. The molecule has 0 aliphatic carbocycles. The van der Waals surface area contributed by atoms with E-state index in [1.807, 2.05) is 0 Å². The molecular formula is C14H13ClN6O4S. The molecule has 10 nitrogen and oxygen atoms in total. The summed E-state index contributed by atoms with van der Waals surface area (Å²) in [5, 5.41) is 4.33. The molecule has 0 radical (unpaired) electrons. The summed E-state index contributed by atoms with van der Waals surface area (Å²) in [6.07, 6.45) is 0. The first-order valence-electron chi connectivity index (χ1n) is 6.92. The van der Waals surface area contributed by atoms with Crippen LogP contribution < -0.4 is 19.5 Å². The Kier molecular flexibility index (Phi) is 6.16. The third-order valence-corrected chi connectivity index (χ3v) is 3.75. The van der Waals surface area contributed by atoms with Crippen LogP contribution in [0.4, 0.5) is 16.4 Å². The maximum atomic E-state index is 12.1. The van der Waals surface area contributed by atoms with Crippen LogP contribution in [0.15, 0.2) is 24.3 Å². The van der Waals surface area contributed by atoms with Crippen LogP contribution in [0.2, 0.25) is 0 Å². The number of ether oxygens (including phenoxy) is 1. The molecule has 1 aromatic heterocycles. The van der Waals surface area contributed by atoms with Gasteiger partial charge < -0.3 is 4.74 Å². The first-order valence-corrected chi connectivity index (χ1v) is 8.78. The Bertz CT molecular complexity index is 986. The highest BCUT2D eigenvalue weighted by Gasteiger charge is 2.17. The van der Waals surface area contributed by atoms with Gasteiger partial charge in [-0.2, -0.15) is 23.4 Å². The number of amides is 2. The average Bonchev–Trinajstić information content (AvgIpc) is 2.55. The lowest BCUT2D eigenvalue weighted by Crippen LogP contribution is -2.38. The second-order valence-corrected chi connectivity index (χ2v) is 6.22. The Hall–Kier alpha value is -3.10. The predicted octanol–water partition coefficient (Wildman–Crippen LogP) is 1.21. The first-order chi connectivity index (χ1) is 12.3. The molecule has 0 fully saturated rings. The van der Waals surface area contributed by atoms with Crippen LogP contribution in [0.1, 0.15) is 11.4 Å². The van der Waals surface area contributed by atoms with Gasteiger partial charge in [0.25, 0.3) is 0 Å². The van der Waals surface area contributed by atoms with Crippen molar-refractivity contribution in [1.29, 1.82) is 0 Å². The molecule has 1 heterocycles. The summed E-state index contributed by atoms with van der Waals surface area (Å²) in [6.45, 7) is 1.56. The number of rotatable bonds is 5. The predicted molar refractivity (Wildman–Crippen MR) is 95.0 cm³/mol. The fourth-order valence-electron chi connectivity index (χ4n) is 1.76. The quantitative estimate of drug-likeness (QED) is 0.646. The van der Waals surface area contributed by atoms with Gasteiger partial charge in [-0.25, -0.2) is 9.52 Å². The summed E-state index contributed by atoms with van der Waals surface area (Å²) in [6, 6.07) is 5.18. The molecule has 2 rings (SSSR count). The molecule has 3 N–H and O–H groups in total. The number of aryl methyl sites for hydroxylation is 1. The molecule has 0 saturated heterocycles. The molecule has 1 aromatic carbocycles. The number of anilines is 2. The minimum atomic E-state index is -4.25. The van der Waals surface area contributed by atoms with E-state index >= 15 is 0 Å². The fourth-order valence-corrected chi connectivity index (χ4v) is 2.67. The molecule has 0 bridgehead atoms. The van der Waals surface area contributed by atoms with Gasteiger partial charge >= 0.3 is 22.3 Å². The standard InChI is InChI=1S/C14H13ClN6O4S/c1-9-16-12(19-14(17-9)25-2)18-13(22)21-26(23,24)20-11-6-4-3-5-10(11)7-8-15/h3-6,20H,1-2H3,(H2,16,17,18,19,21,22). The Morgan fingerprint density at radius 1 is 1.23 bits per heavy atom. The van der Waals surface area contributed by atoms with Gasteiger partial charge in [0.05, 0.1) is 12.8 Å². The maximum absolute atomic E-state index is 12.1. The van der Waals surface area contributed by atoms with Gasteiger partial charge in [-0.05, 0) is 36.6 Å². The summed E-state index contributed by atoms with van der Waals surface area (Å²) in [5.41, 5.74) is 0.490. The topological polar surface area (TPSA) is 135 Å². The van der Waals surface area contributed by atoms with Gasteiger partial charge in [0.15, 0.2) is 0 Å². The summed E-state index contributed by atoms with van der Waals surface area (Å²) in [7, 11) is -2.90. The van der Waals surface area contributed by atoms with Crippen LogP contribution in [0, 0.1) is 18.2 Å². The number of benzene rings is 1. The molecule has 0 atom stereocenters. The van der Waals surface area contributed by atoms with Crippen molar-refractivity contribution in [3.63, 3.8) is 0 Å². The summed E-state index contributed by atoms with van der Waals surface area (Å²) >= 11 is 5.34. The van der Waals surface area contributed by atoms with Gasteiger partial charge in [-0.15, -0.1) is 0 Å². The number of carbonyl (C=O) groups is 1. The van der Waals surface area contributed by atoms with E-state index in [9.17, 15) is 13.2 Å². The minimum absolute atomic E-state index is 0.0256. The highest BCUT2D eigenvalue weighted by molar-refractivity contribution is 7.91. The summed E-state index contributed by atoms with van der Waals surface area (Å²) in [5.74, 6) is 2.64. The minimum Gasteiger partial charge on any atom is -0.467 e. The number of carbonyl (C=O) groups excluding carboxylic acids is 1. The van der Waals surface area contributed by atoms with Gasteiger partial charge in [-0.1, -0.05) is 12.1 Å². The molecule has 136 valence electrons. The Balaban J connectivity index is 2.10. The number of para-hydroxylation sites is 1. The van der Waals surface area contributed by atoms with Crippen LogP contribution in [-0.2, 0) is 10.2 Å². The zero-order chi connectivity index (χ0) is 19.2. The lowest BCUT2D eigenvalue weighted by molar-refractivity contribution is 0.256. The normalized spacial score (nSPS) is 10.3. The number of nitrogens with one attached hydrogen (secondary N) is 3. The SMILES string of the molecule is COc1nc(C)nc(NC(=O)NS(=O)(=O)Nc2ccccc2C#CCl)n1. The highest BCUT2D eigenvalue weighted by Crippen LogP contribution is 2.15. The van der Waals surface area contributed by atoms with Crippen molar-refractivity contribution < 1.29 is 17.9 Å². The zero-order valence-corrected chi connectivity index (χ0v) is 15.1. The van der Waals surface area contributed by atoms with Gasteiger partial charge in [-0.3, -0.25) is 10.0 Å². The van der Waals surface area contributed by atoms with Crippen LogP contribution in [0.5, 0.6) is 6.01 Å². The number of aromatic nitrogens is 3. The van der Waals surface area contributed by atoms with Crippen molar-refractivity contribution in [3.05, 3.63) is 35.7 Å². The number of hydrogen-bond donors (Lipinski definition) is 3. The smallest absolute Gasteiger partial charge is 0.336 e. The van der Waals surface area contributed by atoms with E-state index in [1.165, 1.54) is 13.2 Å². The van der Waals surface area contributed by atoms with Crippen molar-refractivity contribution in [3.8, 4) is 17.3 Å². The molecule has 2 aromatic rings. The monoisotopic (exact) mass is 396 g/mol. The molecule has 0 aliphatic heterocycles. The third kappa shape index (κ3) is 5.47. The molecule has 0 spiro atoms. The van der Waals surface area contributed by atoms with Crippen LogP contribution in [0.3, 0.4) is 0 Å². The number of nitrogens with zero attached hydrogens (tertiary/aromatic N) is 3. The second-order valence-electron chi connectivity index (χ2n) is 4.62. The van der Waals surface area contributed by atoms with Gasteiger partial charge in [0, 0.05) is 10.9 Å². The van der Waals surface area contributed by atoms with Gasteiger partial charge in [0.1, 0.15) is 5.82 Å². The van der Waals surface area contributed by atoms with Crippen molar-refractivity contribution in [1.82, 2.24) is 19.7 Å². The lowest BCUT2D eigenvalue weighted by atomic mass is 10.2. The first kappa shape index (κ1) is 19.2. The molecule has 0 unspecified atom stereocenters. The van der Waals surface area contributed by atoms with E-state index < -0.39 is 16.2 Å². The van der Waals surface area contributed by atoms with E-state index in [1.54, 1.807) is 29.8 Å². The molecule has 0 aliphatic rings. The Morgan fingerprint density at radius 2 is 1.96 bits per heavy atom. The van der Waals surface area contributed by atoms with Crippen molar-refractivity contribution in [2.75, 3.05) is 17.1 Å². The summed E-state index contributed by atoms with van der Waals surface area (Å²) < 4.78 is 33.0. The van der Waals surface area contributed by atoms with E-state index in [2.05, 4.69) is 36.3 Å². The van der Waals surface area contributed by atoms with E-state index in [0.717, 1.165) is 0 Å². The maximum Gasteiger partial charge on any atom is 0.336 e. The van der Waals surface area contributed by atoms with Crippen molar-refractivity contribution in [2.45, 2.75) is 6.92 Å². The fraction of sp³-hybridized carbons (Fsp3) is 0.143. The molecular weight excluding hydrogens is 384 g/mol. The van der Waals surface area contributed by atoms with Crippen LogP contribution >= 0.6 is 11.6 Å². The second kappa shape index (κ2) is 8.32. The molecule has 12 heteroatoms. The third-order valence-electron chi connectivity index (χ3n) is 2.71. The van der Waals surface area contributed by atoms with E-state index in [4.69, 9.17) is 16.3 Å². The Morgan fingerprint density at radius 3 is 2.65 bits per heavy atom. The van der Waals surface area contributed by atoms with Crippen molar-refractivity contribution in [2.24, 2.45) is 0 Å². The van der Waals surface area contributed by atoms with Gasteiger partial charge in [0.2, 0.25) is 5.95 Å². The lowest BCUT2D eigenvalue weighted by Gasteiger charge is -2.11. The van der Waals surface area contributed by atoms with E-state index in [0.29, 0.717) is 5.56 Å². The average molecular weight is 397 g/mol. The van der Waals surface area contributed by atoms with Crippen LogP contribution in [-0.4, -0.2) is 36.5 Å². The zero-order valence-electron chi connectivity index (χ0n) is 13.6. The summed E-state index contributed by atoms with van der Waals surface area (Å²) in [4.78, 5) is 23.4. The molecule has 26 heavy (non-hydrogen) atoms. The largest absolute Gasteiger partial charge is 0.467 e. The van der Waals surface area contributed by atoms with Crippen LogP contribution in [0.25, 0.3) is 0 Å². The number of methoxy groups -OCH3 is 1. The number of urea groups is 1. The number of halogens is 1. The number of hydrogen-bond acceptors (Lipinski definition) is 7. The highest BCUT2D eigenvalue weighted by atomic mass is 35.5. The van der Waals surface area contributed by atoms with E-state index in [-0.39, 0.29) is 23.5 Å². The molecule has 0 saturated carbocycles. The van der Waals surface area contributed by atoms with Crippen molar-refractivity contribution >= 4 is 39.5 Å². The Labute approximate surface area is 154 Å².